The minimum absolute atomic E-state index is 0.157. The number of hydrogen-bond acceptors (Lipinski definition) is 7. The summed E-state index contributed by atoms with van der Waals surface area (Å²) in [5.74, 6) is -3.21. The maximum absolute atomic E-state index is 13.5. The van der Waals surface area contributed by atoms with Crippen molar-refractivity contribution in [2.45, 2.75) is 19.4 Å². The number of aryl methyl sites for hydroxylation is 1. The number of aliphatic hydroxyl groups is 1. The number of thiazole rings is 1. The van der Waals surface area contributed by atoms with Crippen LogP contribution in [-0.2, 0) is 20.7 Å². The van der Waals surface area contributed by atoms with E-state index in [1.54, 1.807) is 12.1 Å². The largest absolute Gasteiger partial charge is 0.507 e. The van der Waals surface area contributed by atoms with Crippen molar-refractivity contribution in [2.24, 2.45) is 0 Å². The van der Waals surface area contributed by atoms with E-state index in [0.717, 1.165) is 28.8 Å². The number of carbonyl (C=O) groups excluding carboxylic acids is 3. The molecule has 1 fully saturated rings. The molecule has 0 aliphatic carbocycles. The van der Waals surface area contributed by atoms with E-state index in [9.17, 15) is 23.9 Å². The number of ketones is 1. The van der Waals surface area contributed by atoms with Crippen LogP contribution in [0, 0.1) is 5.82 Å². The molecule has 37 heavy (non-hydrogen) atoms. The van der Waals surface area contributed by atoms with Crippen molar-refractivity contribution in [2.75, 3.05) is 12.0 Å². The average Bonchev–Trinajstić information content (AvgIpc) is 3.45. The second kappa shape index (κ2) is 9.59. The number of hydrogen-bond donors (Lipinski definition) is 1. The highest BCUT2D eigenvalue weighted by atomic mass is 32.1. The van der Waals surface area contributed by atoms with Gasteiger partial charge in [-0.05, 0) is 66.1 Å². The summed E-state index contributed by atoms with van der Waals surface area (Å²) in [6, 6.07) is 16.0. The number of amides is 1. The Morgan fingerprint density at radius 3 is 2.38 bits per heavy atom. The van der Waals surface area contributed by atoms with E-state index >= 15 is 0 Å². The molecule has 0 radical (unpaired) electrons. The standard InChI is InChI=1S/C28H21FN2O5S/c1-3-15-4-13-20-21(14-15)37-28(30-20)31-23(16-5-7-18(8-6-16)27(35)36-2)22(25(33)26(31)34)24(32)17-9-11-19(29)12-10-17/h4-14,23,32H,3H2,1-2H3/b24-22+/t23-/m1/s1. The van der Waals surface area contributed by atoms with Crippen LogP contribution in [0.15, 0.2) is 72.3 Å². The van der Waals surface area contributed by atoms with E-state index < -0.39 is 35.3 Å². The molecule has 4 aromatic rings. The zero-order valence-corrected chi connectivity index (χ0v) is 20.7. The monoisotopic (exact) mass is 516 g/mol. The summed E-state index contributed by atoms with van der Waals surface area (Å²) < 4.78 is 19.1. The van der Waals surface area contributed by atoms with Gasteiger partial charge in [-0.25, -0.2) is 14.2 Å². The van der Waals surface area contributed by atoms with Crippen molar-refractivity contribution >= 4 is 50.1 Å². The van der Waals surface area contributed by atoms with Gasteiger partial charge in [0.1, 0.15) is 11.6 Å². The smallest absolute Gasteiger partial charge is 0.337 e. The third kappa shape index (κ3) is 4.27. The van der Waals surface area contributed by atoms with Gasteiger partial charge >= 0.3 is 11.9 Å². The second-order valence-corrected chi connectivity index (χ2v) is 9.45. The summed E-state index contributed by atoms with van der Waals surface area (Å²) in [5, 5.41) is 11.4. The number of carbonyl (C=O) groups is 3. The van der Waals surface area contributed by atoms with Crippen LogP contribution in [0.25, 0.3) is 16.0 Å². The van der Waals surface area contributed by atoms with Crippen LogP contribution in [-0.4, -0.2) is 34.9 Å². The molecule has 1 aliphatic heterocycles. The molecule has 186 valence electrons. The van der Waals surface area contributed by atoms with Crippen molar-refractivity contribution < 1.29 is 28.6 Å². The SMILES string of the molecule is CCc1ccc2nc(N3C(=O)C(=O)/C(=C(/O)c4ccc(F)cc4)[C@H]3c3ccc(C(=O)OC)cc3)sc2c1. The molecule has 1 saturated heterocycles. The highest BCUT2D eigenvalue weighted by Crippen LogP contribution is 2.44. The molecule has 2 heterocycles. The Labute approximate surface area is 215 Å². The van der Waals surface area contributed by atoms with Crippen LogP contribution >= 0.6 is 11.3 Å². The number of methoxy groups -OCH3 is 1. The average molecular weight is 517 g/mol. The highest BCUT2D eigenvalue weighted by Gasteiger charge is 2.48. The summed E-state index contributed by atoms with van der Waals surface area (Å²) in [6.45, 7) is 2.04. The Morgan fingerprint density at radius 2 is 1.73 bits per heavy atom. The fourth-order valence-corrected chi connectivity index (χ4v) is 5.36. The van der Waals surface area contributed by atoms with E-state index in [1.807, 2.05) is 25.1 Å². The molecule has 0 saturated carbocycles. The predicted molar refractivity (Wildman–Crippen MR) is 138 cm³/mol. The second-order valence-electron chi connectivity index (χ2n) is 8.44. The molecule has 5 rings (SSSR count). The Balaban J connectivity index is 1.70. The molecule has 0 spiro atoms. The lowest BCUT2D eigenvalue weighted by Gasteiger charge is -2.23. The Kier molecular flexibility index (Phi) is 6.31. The number of aliphatic hydroxyl groups excluding tert-OH is 1. The number of anilines is 1. The van der Waals surface area contributed by atoms with Crippen LogP contribution < -0.4 is 4.90 Å². The molecule has 1 N–H and O–H groups in total. The number of esters is 1. The van der Waals surface area contributed by atoms with E-state index in [1.165, 1.54) is 47.6 Å². The van der Waals surface area contributed by atoms with Crippen molar-refractivity contribution in [3.63, 3.8) is 0 Å². The molecule has 3 aromatic carbocycles. The van der Waals surface area contributed by atoms with Gasteiger partial charge in [-0.15, -0.1) is 0 Å². The van der Waals surface area contributed by atoms with E-state index in [4.69, 9.17) is 4.74 Å². The Bertz CT molecular complexity index is 1570. The molecule has 1 amide bonds. The Hall–Kier alpha value is -4.37. The molecule has 7 nitrogen and oxygen atoms in total. The first kappa shape index (κ1) is 24.3. The number of aromatic nitrogens is 1. The van der Waals surface area contributed by atoms with E-state index in [-0.39, 0.29) is 16.7 Å². The lowest BCUT2D eigenvalue weighted by molar-refractivity contribution is -0.132. The van der Waals surface area contributed by atoms with Gasteiger partial charge in [0.25, 0.3) is 5.78 Å². The first-order valence-electron chi connectivity index (χ1n) is 11.5. The maximum Gasteiger partial charge on any atom is 0.337 e. The molecule has 0 bridgehead atoms. The lowest BCUT2D eigenvalue weighted by atomic mass is 9.95. The van der Waals surface area contributed by atoms with Crippen LogP contribution in [0.5, 0.6) is 0 Å². The van der Waals surface area contributed by atoms with Crippen molar-refractivity contribution in [3.05, 3.63) is 100 Å². The van der Waals surface area contributed by atoms with Gasteiger partial charge in [0.15, 0.2) is 5.13 Å². The first-order valence-corrected chi connectivity index (χ1v) is 12.3. The summed E-state index contributed by atoms with van der Waals surface area (Å²) in [7, 11) is 1.27. The number of Topliss-reactive ketones (excluding diaryl/α,β-unsaturated/α-hetero) is 1. The minimum Gasteiger partial charge on any atom is -0.507 e. The van der Waals surface area contributed by atoms with Crippen molar-refractivity contribution in [3.8, 4) is 0 Å². The topological polar surface area (TPSA) is 96.8 Å². The maximum atomic E-state index is 13.5. The lowest BCUT2D eigenvalue weighted by Crippen LogP contribution is -2.29. The number of halogens is 1. The third-order valence-electron chi connectivity index (χ3n) is 6.27. The number of rotatable bonds is 5. The van der Waals surface area contributed by atoms with Gasteiger partial charge in [0.05, 0.1) is 34.5 Å². The number of benzene rings is 3. The van der Waals surface area contributed by atoms with Gasteiger partial charge in [0.2, 0.25) is 0 Å². The first-order chi connectivity index (χ1) is 17.8. The van der Waals surface area contributed by atoms with Crippen molar-refractivity contribution in [1.29, 1.82) is 0 Å². The molecule has 1 atom stereocenters. The van der Waals surface area contributed by atoms with Crippen LogP contribution in [0.3, 0.4) is 0 Å². The highest BCUT2D eigenvalue weighted by molar-refractivity contribution is 7.22. The van der Waals surface area contributed by atoms with Gasteiger partial charge in [-0.2, -0.15) is 0 Å². The minimum atomic E-state index is -1.03. The normalized spacial score (nSPS) is 16.9. The van der Waals surface area contributed by atoms with Crippen LogP contribution in [0.4, 0.5) is 9.52 Å². The summed E-state index contributed by atoms with van der Waals surface area (Å²) in [6.07, 6.45) is 0.831. The summed E-state index contributed by atoms with van der Waals surface area (Å²) in [4.78, 5) is 44.5. The zero-order chi connectivity index (χ0) is 26.3. The van der Waals surface area contributed by atoms with Crippen LogP contribution in [0.1, 0.15) is 40.0 Å². The third-order valence-corrected chi connectivity index (χ3v) is 7.28. The molecule has 1 aliphatic rings. The molecule has 9 heteroatoms. The molecular weight excluding hydrogens is 495 g/mol. The number of ether oxygens (including phenoxy) is 1. The fraction of sp³-hybridized carbons (Fsp3) is 0.143. The van der Waals surface area contributed by atoms with Gasteiger partial charge in [-0.3, -0.25) is 14.5 Å². The van der Waals surface area contributed by atoms with Crippen molar-refractivity contribution in [1.82, 2.24) is 4.98 Å². The predicted octanol–water partition coefficient (Wildman–Crippen LogP) is 5.41. The summed E-state index contributed by atoms with van der Waals surface area (Å²) >= 11 is 1.27. The van der Waals surface area contributed by atoms with Crippen LogP contribution in [0.2, 0.25) is 0 Å². The zero-order valence-electron chi connectivity index (χ0n) is 19.9. The van der Waals surface area contributed by atoms with Gasteiger partial charge in [-0.1, -0.05) is 36.5 Å². The quantitative estimate of drug-likeness (QED) is 0.165. The van der Waals surface area contributed by atoms with Gasteiger partial charge < -0.3 is 9.84 Å². The molecule has 1 aromatic heterocycles. The van der Waals surface area contributed by atoms with Gasteiger partial charge in [0, 0.05) is 5.56 Å². The number of fused-ring (bicyclic) bond motifs is 1. The fourth-order valence-electron chi connectivity index (χ4n) is 4.31. The molecular formula is C28H21FN2O5S. The summed E-state index contributed by atoms with van der Waals surface area (Å²) in [5.41, 5.74) is 2.58. The van der Waals surface area contributed by atoms with E-state index in [0.29, 0.717) is 16.2 Å². The Morgan fingerprint density at radius 1 is 1.05 bits per heavy atom. The number of nitrogens with zero attached hydrogens (tertiary/aromatic N) is 2. The molecule has 0 unspecified atom stereocenters. The van der Waals surface area contributed by atoms with E-state index in [2.05, 4.69) is 4.98 Å².